The van der Waals surface area contributed by atoms with E-state index in [0.717, 1.165) is 0 Å². The minimum atomic E-state index is -0.593. The van der Waals surface area contributed by atoms with Crippen molar-refractivity contribution >= 4 is 33.2 Å². The number of hydrogen-bond acceptors (Lipinski definition) is 5. The van der Waals surface area contributed by atoms with Gasteiger partial charge in [0.1, 0.15) is 11.9 Å². The van der Waals surface area contributed by atoms with Gasteiger partial charge in [-0.15, -0.1) is 5.10 Å². The predicted octanol–water partition coefficient (Wildman–Crippen LogP) is 2.64. The Morgan fingerprint density at radius 3 is 2.90 bits per heavy atom. The van der Waals surface area contributed by atoms with Crippen LogP contribution in [0.5, 0.6) is 0 Å². The molecule has 98 valence electrons. The molecule has 2 heterocycles. The fraction of sp³-hybridized carbons (Fsp3) is 0. The molecule has 3 rings (SSSR count). The van der Waals surface area contributed by atoms with Gasteiger partial charge in [0.25, 0.3) is 0 Å². The topological polar surface area (TPSA) is 78.9 Å². The molecule has 2 aromatic heterocycles. The van der Waals surface area contributed by atoms with E-state index in [4.69, 9.17) is 5.26 Å². The SMILES string of the molecule is N#Cc1ccc(Nc2nc3ccnc(Br)n3n2)cc1F. The highest BCUT2D eigenvalue weighted by Gasteiger charge is 2.08. The van der Waals surface area contributed by atoms with Gasteiger partial charge in [0.2, 0.25) is 5.95 Å². The molecule has 0 saturated carbocycles. The highest BCUT2D eigenvalue weighted by atomic mass is 79.9. The minimum Gasteiger partial charge on any atom is -0.323 e. The lowest BCUT2D eigenvalue weighted by atomic mass is 10.2. The van der Waals surface area contributed by atoms with Gasteiger partial charge in [0, 0.05) is 18.0 Å². The van der Waals surface area contributed by atoms with E-state index >= 15 is 0 Å². The van der Waals surface area contributed by atoms with Crippen LogP contribution >= 0.6 is 15.9 Å². The van der Waals surface area contributed by atoms with Gasteiger partial charge in [0.05, 0.1) is 5.56 Å². The van der Waals surface area contributed by atoms with Crippen LogP contribution < -0.4 is 5.32 Å². The summed E-state index contributed by atoms with van der Waals surface area (Å²) in [7, 11) is 0. The van der Waals surface area contributed by atoms with Crippen molar-refractivity contribution in [3.8, 4) is 6.07 Å². The highest BCUT2D eigenvalue weighted by Crippen LogP contribution is 2.18. The van der Waals surface area contributed by atoms with E-state index < -0.39 is 5.82 Å². The van der Waals surface area contributed by atoms with E-state index in [0.29, 0.717) is 22.0 Å². The van der Waals surface area contributed by atoms with Crippen LogP contribution in [-0.4, -0.2) is 19.6 Å². The van der Waals surface area contributed by atoms with E-state index in [2.05, 4.69) is 36.3 Å². The summed E-state index contributed by atoms with van der Waals surface area (Å²) in [5, 5.41) is 15.7. The number of halogens is 2. The van der Waals surface area contributed by atoms with Crippen molar-refractivity contribution < 1.29 is 4.39 Å². The third-order valence-electron chi connectivity index (χ3n) is 2.56. The van der Waals surface area contributed by atoms with Crippen LogP contribution in [0, 0.1) is 17.1 Å². The second kappa shape index (κ2) is 4.86. The maximum absolute atomic E-state index is 13.5. The van der Waals surface area contributed by atoms with Crippen molar-refractivity contribution in [1.82, 2.24) is 19.6 Å². The Morgan fingerprint density at radius 1 is 1.35 bits per heavy atom. The Hall–Kier alpha value is -2.53. The van der Waals surface area contributed by atoms with Crippen LogP contribution in [0.1, 0.15) is 5.56 Å². The molecule has 3 aromatic rings. The van der Waals surface area contributed by atoms with Crippen molar-refractivity contribution in [2.24, 2.45) is 0 Å². The molecule has 0 aliphatic heterocycles. The van der Waals surface area contributed by atoms with Gasteiger partial charge in [-0.1, -0.05) is 0 Å². The fourth-order valence-corrected chi connectivity index (χ4v) is 2.03. The highest BCUT2D eigenvalue weighted by molar-refractivity contribution is 9.10. The van der Waals surface area contributed by atoms with E-state index in [1.807, 2.05) is 0 Å². The van der Waals surface area contributed by atoms with E-state index in [1.165, 1.54) is 16.6 Å². The summed E-state index contributed by atoms with van der Waals surface area (Å²) in [6.45, 7) is 0. The van der Waals surface area contributed by atoms with Crippen molar-refractivity contribution in [2.45, 2.75) is 0 Å². The average molecular weight is 333 g/mol. The number of nitrogens with one attached hydrogen (secondary N) is 1. The van der Waals surface area contributed by atoms with E-state index in [-0.39, 0.29) is 5.56 Å². The Labute approximate surface area is 121 Å². The van der Waals surface area contributed by atoms with Crippen LogP contribution in [0.15, 0.2) is 35.2 Å². The lowest BCUT2D eigenvalue weighted by Crippen LogP contribution is -1.96. The van der Waals surface area contributed by atoms with Gasteiger partial charge in [-0.05, 0) is 34.1 Å². The number of aromatic nitrogens is 4. The summed E-state index contributed by atoms with van der Waals surface area (Å²) < 4.78 is 15.5. The lowest BCUT2D eigenvalue weighted by molar-refractivity contribution is 0.624. The lowest BCUT2D eigenvalue weighted by Gasteiger charge is -2.01. The summed E-state index contributed by atoms with van der Waals surface area (Å²) in [5.74, 6) is -0.285. The molecule has 1 aromatic carbocycles. The largest absolute Gasteiger partial charge is 0.323 e. The van der Waals surface area contributed by atoms with Gasteiger partial charge in [-0.25, -0.2) is 9.37 Å². The standard InChI is InChI=1S/C12H6BrFN6/c13-11-16-4-3-10-18-12(19-20(10)11)17-8-2-1-7(6-15)9(14)5-8/h1-5H,(H,17,19). The Balaban J connectivity index is 1.95. The van der Waals surface area contributed by atoms with E-state index in [9.17, 15) is 4.39 Å². The van der Waals surface area contributed by atoms with E-state index in [1.54, 1.807) is 24.4 Å². The van der Waals surface area contributed by atoms with Gasteiger partial charge < -0.3 is 5.32 Å². The maximum atomic E-state index is 13.5. The molecule has 1 N–H and O–H groups in total. The van der Waals surface area contributed by atoms with Crippen LogP contribution in [0.2, 0.25) is 0 Å². The summed E-state index contributed by atoms with van der Waals surface area (Å²) in [5.41, 5.74) is 1.05. The molecule has 0 radical (unpaired) electrons. The fourth-order valence-electron chi connectivity index (χ4n) is 1.65. The first-order chi connectivity index (χ1) is 9.67. The molecule has 0 saturated heterocycles. The zero-order valence-corrected chi connectivity index (χ0v) is 11.5. The number of fused-ring (bicyclic) bond motifs is 1. The number of nitrogens with zero attached hydrogens (tertiary/aromatic N) is 5. The van der Waals surface area contributed by atoms with Crippen LogP contribution in [0.4, 0.5) is 16.0 Å². The van der Waals surface area contributed by atoms with Crippen LogP contribution in [-0.2, 0) is 0 Å². The molecule has 0 atom stereocenters. The average Bonchev–Trinajstić information content (AvgIpc) is 2.83. The second-order valence-electron chi connectivity index (χ2n) is 3.85. The maximum Gasteiger partial charge on any atom is 0.247 e. The smallest absolute Gasteiger partial charge is 0.247 e. The number of anilines is 2. The first-order valence-electron chi connectivity index (χ1n) is 5.51. The molecule has 0 aliphatic carbocycles. The number of hydrogen-bond donors (Lipinski definition) is 1. The summed E-state index contributed by atoms with van der Waals surface area (Å²) >= 11 is 3.25. The summed E-state index contributed by atoms with van der Waals surface area (Å²) in [6.07, 6.45) is 1.60. The van der Waals surface area contributed by atoms with Gasteiger partial charge in [-0.3, -0.25) is 0 Å². The normalized spacial score (nSPS) is 10.4. The molecule has 0 amide bonds. The third kappa shape index (κ3) is 2.19. The van der Waals surface area contributed by atoms with Gasteiger partial charge in [-0.2, -0.15) is 14.8 Å². The van der Waals surface area contributed by atoms with Crippen molar-refractivity contribution in [3.05, 3.63) is 46.6 Å². The Bertz CT molecular complexity index is 838. The minimum absolute atomic E-state index is 0.00884. The quantitative estimate of drug-likeness (QED) is 0.730. The molecule has 8 heteroatoms. The summed E-state index contributed by atoms with van der Waals surface area (Å²) in [6, 6.07) is 7.66. The van der Waals surface area contributed by atoms with Crippen molar-refractivity contribution in [3.63, 3.8) is 0 Å². The van der Waals surface area contributed by atoms with Gasteiger partial charge >= 0.3 is 0 Å². The summed E-state index contributed by atoms with van der Waals surface area (Å²) in [4.78, 5) is 8.24. The predicted molar refractivity (Wildman–Crippen MR) is 72.9 cm³/mol. The number of nitriles is 1. The van der Waals surface area contributed by atoms with Crippen LogP contribution in [0.25, 0.3) is 5.65 Å². The Kier molecular flexibility index (Phi) is 3.04. The molecule has 0 unspecified atom stereocenters. The number of rotatable bonds is 2. The first-order valence-corrected chi connectivity index (χ1v) is 6.30. The molecule has 0 spiro atoms. The zero-order chi connectivity index (χ0) is 14.1. The number of benzene rings is 1. The van der Waals surface area contributed by atoms with Crippen LogP contribution in [0.3, 0.4) is 0 Å². The molecule has 20 heavy (non-hydrogen) atoms. The molecular formula is C12H6BrFN6. The molecule has 6 nitrogen and oxygen atoms in total. The van der Waals surface area contributed by atoms with Gasteiger partial charge in [0.15, 0.2) is 10.4 Å². The molecule has 0 aliphatic rings. The third-order valence-corrected chi connectivity index (χ3v) is 3.10. The first kappa shape index (κ1) is 12.5. The van der Waals surface area contributed by atoms with Crippen molar-refractivity contribution in [2.75, 3.05) is 5.32 Å². The van der Waals surface area contributed by atoms with Crippen molar-refractivity contribution in [1.29, 1.82) is 5.26 Å². The molecular weight excluding hydrogens is 327 g/mol. The zero-order valence-electron chi connectivity index (χ0n) is 9.88. The second-order valence-corrected chi connectivity index (χ2v) is 4.56. The molecule has 0 fully saturated rings. The monoisotopic (exact) mass is 332 g/mol. The molecule has 0 bridgehead atoms. The Morgan fingerprint density at radius 2 is 2.20 bits per heavy atom.